The fraction of sp³-hybridized carbons (Fsp3) is 0.818. The molecular weight excluding hydrogens is 162 g/mol. The van der Waals surface area contributed by atoms with Crippen LogP contribution in [0.15, 0.2) is 0 Å². The predicted molar refractivity (Wildman–Crippen MR) is 51.0 cm³/mol. The van der Waals surface area contributed by atoms with Gasteiger partial charge in [-0.15, -0.1) is 0 Å². The maximum Gasteiger partial charge on any atom is 0.149 e. The van der Waals surface area contributed by atoms with Crippen LogP contribution in [0.4, 0.5) is 0 Å². The molecule has 0 aromatic heterocycles. The molecule has 1 aliphatic rings. The molecule has 0 unspecified atom stereocenters. The van der Waals surface area contributed by atoms with Crippen molar-refractivity contribution in [3.8, 4) is 6.07 Å². The summed E-state index contributed by atoms with van der Waals surface area (Å²) in [6, 6.07) is 1.95. The van der Waals surface area contributed by atoms with Crippen molar-refractivity contribution in [3.63, 3.8) is 0 Å². The highest BCUT2D eigenvalue weighted by atomic mass is 16.1. The van der Waals surface area contributed by atoms with Gasteiger partial charge < -0.3 is 0 Å². The summed E-state index contributed by atoms with van der Waals surface area (Å²) in [6.45, 7) is 0. The molecule has 0 aromatic carbocycles. The van der Waals surface area contributed by atoms with Crippen LogP contribution in [-0.2, 0) is 4.79 Å². The van der Waals surface area contributed by atoms with Crippen LogP contribution in [0.25, 0.3) is 0 Å². The first kappa shape index (κ1) is 10.2. The van der Waals surface area contributed by atoms with E-state index >= 15 is 0 Å². The topological polar surface area (TPSA) is 40.9 Å². The maximum atomic E-state index is 11.4. The van der Waals surface area contributed by atoms with Gasteiger partial charge in [0.05, 0.1) is 12.5 Å². The molecule has 0 aliphatic heterocycles. The van der Waals surface area contributed by atoms with E-state index in [0.717, 1.165) is 12.8 Å². The number of carbonyl (C=O) groups excluding carboxylic acids is 1. The molecule has 1 aliphatic carbocycles. The van der Waals surface area contributed by atoms with Crippen molar-refractivity contribution in [1.29, 1.82) is 5.26 Å². The largest absolute Gasteiger partial charge is 0.298 e. The van der Waals surface area contributed by atoms with E-state index < -0.39 is 0 Å². The minimum Gasteiger partial charge on any atom is -0.298 e. The Hall–Kier alpha value is -0.840. The SMILES string of the molecule is N#CCC(=O)C1CCCCCCC1. The number of nitrogens with zero attached hydrogens (tertiary/aromatic N) is 1. The molecule has 0 bridgehead atoms. The lowest BCUT2D eigenvalue weighted by molar-refractivity contribution is -0.122. The molecule has 0 heterocycles. The van der Waals surface area contributed by atoms with Gasteiger partial charge in [0.1, 0.15) is 5.78 Å². The van der Waals surface area contributed by atoms with E-state index in [1.165, 1.54) is 32.1 Å². The number of hydrogen-bond donors (Lipinski definition) is 0. The van der Waals surface area contributed by atoms with Crippen molar-refractivity contribution in [2.45, 2.75) is 51.4 Å². The summed E-state index contributed by atoms with van der Waals surface area (Å²) < 4.78 is 0. The van der Waals surface area contributed by atoms with E-state index in [0.29, 0.717) is 0 Å². The Balaban J connectivity index is 2.37. The quantitative estimate of drug-likeness (QED) is 0.654. The fourth-order valence-corrected chi connectivity index (χ4v) is 2.00. The van der Waals surface area contributed by atoms with Gasteiger partial charge in [0.15, 0.2) is 0 Å². The minimum atomic E-state index is 0.116. The lowest BCUT2D eigenvalue weighted by Gasteiger charge is -2.16. The summed E-state index contributed by atoms with van der Waals surface area (Å²) in [5, 5.41) is 8.42. The molecule has 13 heavy (non-hydrogen) atoms. The van der Waals surface area contributed by atoms with E-state index in [2.05, 4.69) is 0 Å². The van der Waals surface area contributed by atoms with Crippen molar-refractivity contribution in [2.75, 3.05) is 0 Å². The molecule has 2 nitrogen and oxygen atoms in total. The third-order valence-electron chi connectivity index (χ3n) is 2.81. The summed E-state index contributed by atoms with van der Waals surface area (Å²) in [4.78, 5) is 11.4. The summed E-state index contributed by atoms with van der Waals surface area (Å²) >= 11 is 0. The molecule has 0 aromatic rings. The molecular formula is C11H17NO. The van der Waals surface area contributed by atoms with Crippen LogP contribution < -0.4 is 0 Å². The van der Waals surface area contributed by atoms with Crippen molar-refractivity contribution in [3.05, 3.63) is 0 Å². The second kappa shape index (κ2) is 5.75. The van der Waals surface area contributed by atoms with Gasteiger partial charge in [-0.2, -0.15) is 5.26 Å². The van der Waals surface area contributed by atoms with E-state index in [-0.39, 0.29) is 18.1 Å². The zero-order valence-corrected chi connectivity index (χ0v) is 8.09. The lowest BCUT2D eigenvalue weighted by atomic mass is 9.87. The summed E-state index contributed by atoms with van der Waals surface area (Å²) in [6.07, 6.45) is 8.32. The maximum absolute atomic E-state index is 11.4. The van der Waals surface area contributed by atoms with Gasteiger partial charge in [-0.1, -0.05) is 32.1 Å². The van der Waals surface area contributed by atoms with Crippen LogP contribution in [0.3, 0.4) is 0 Å². The first-order chi connectivity index (χ1) is 6.34. The number of nitriles is 1. The van der Waals surface area contributed by atoms with Gasteiger partial charge in [-0.25, -0.2) is 0 Å². The highest BCUT2D eigenvalue weighted by Gasteiger charge is 2.18. The second-order valence-corrected chi connectivity index (χ2v) is 3.84. The molecule has 0 amide bonds. The number of carbonyl (C=O) groups is 1. The first-order valence-electron chi connectivity index (χ1n) is 5.24. The van der Waals surface area contributed by atoms with Gasteiger partial charge in [0, 0.05) is 5.92 Å². The summed E-state index contributed by atoms with van der Waals surface area (Å²) in [5.74, 6) is 0.365. The fourth-order valence-electron chi connectivity index (χ4n) is 2.00. The van der Waals surface area contributed by atoms with Crippen LogP contribution in [-0.4, -0.2) is 5.78 Å². The van der Waals surface area contributed by atoms with Gasteiger partial charge in [-0.05, 0) is 12.8 Å². The number of Topliss-reactive ketones (excluding diaryl/α,β-unsaturated/α-hetero) is 1. The zero-order chi connectivity index (χ0) is 9.52. The van der Waals surface area contributed by atoms with Crippen molar-refractivity contribution >= 4 is 5.78 Å². The number of hydrogen-bond acceptors (Lipinski definition) is 2. The van der Waals surface area contributed by atoms with Crippen LogP contribution in [0.1, 0.15) is 51.4 Å². The average Bonchev–Trinajstić information content (AvgIpc) is 2.03. The smallest absolute Gasteiger partial charge is 0.149 e. The standard InChI is InChI=1S/C11H17NO/c12-9-8-11(13)10-6-4-2-1-3-5-7-10/h10H,1-8H2. The van der Waals surface area contributed by atoms with E-state index in [4.69, 9.17) is 5.26 Å². The van der Waals surface area contributed by atoms with E-state index in [9.17, 15) is 4.79 Å². The van der Waals surface area contributed by atoms with Gasteiger partial charge in [0.2, 0.25) is 0 Å². The zero-order valence-electron chi connectivity index (χ0n) is 8.09. The predicted octanol–water partition coefficient (Wildman–Crippen LogP) is 2.83. The van der Waals surface area contributed by atoms with Crippen LogP contribution in [0, 0.1) is 17.2 Å². The molecule has 1 saturated carbocycles. The van der Waals surface area contributed by atoms with Crippen LogP contribution >= 0.6 is 0 Å². The van der Waals surface area contributed by atoms with Crippen molar-refractivity contribution < 1.29 is 4.79 Å². The Morgan fingerprint density at radius 1 is 1.15 bits per heavy atom. The molecule has 1 fully saturated rings. The number of rotatable bonds is 2. The number of ketones is 1. The van der Waals surface area contributed by atoms with Crippen molar-refractivity contribution in [2.24, 2.45) is 5.92 Å². The molecule has 1 rings (SSSR count). The molecule has 72 valence electrons. The van der Waals surface area contributed by atoms with Gasteiger partial charge >= 0.3 is 0 Å². The monoisotopic (exact) mass is 179 g/mol. The molecule has 0 atom stereocenters. The third kappa shape index (κ3) is 3.59. The Morgan fingerprint density at radius 2 is 1.69 bits per heavy atom. The van der Waals surface area contributed by atoms with Crippen LogP contribution in [0.5, 0.6) is 0 Å². The van der Waals surface area contributed by atoms with Gasteiger partial charge in [0.25, 0.3) is 0 Å². The Labute approximate surface area is 79.9 Å². The molecule has 2 heteroatoms. The summed E-state index contributed by atoms with van der Waals surface area (Å²) in [7, 11) is 0. The Kier molecular flexibility index (Phi) is 4.53. The first-order valence-corrected chi connectivity index (χ1v) is 5.24. The second-order valence-electron chi connectivity index (χ2n) is 3.84. The Bertz CT molecular complexity index is 197. The Morgan fingerprint density at radius 3 is 2.23 bits per heavy atom. The molecule has 0 spiro atoms. The highest BCUT2D eigenvalue weighted by molar-refractivity contribution is 5.82. The average molecular weight is 179 g/mol. The van der Waals surface area contributed by atoms with E-state index in [1.807, 2.05) is 6.07 Å². The third-order valence-corrected chi connectivity index (χ3v) is 2.81. The van der Waals surface area contributed by atoms with Crippen molar-refractivity contribution in [1.82, 2.24) is 0 Å². The molecule has 0 radical (unpaired) electrons. The molecule has 0 saturated heterocycles. The van der Waals surface area contributed by atoms with Crippen LogP contribution in [0.2, 0.25) is 0 Å². The normalized spacial score (nSPS) is 19.9. The molecule has 0 N–H and O–H groups in total. The highest BCUT2D eigenvalue weighted by Crippen LogP contribution is 2.23. The summed E-state index contributed by atoms with van der Waals surface area (Å²) in [5.41, 5.74) is 0. The van der Waals surface area contributed by atoms with E-state index in [1.54, 1.807) is 0 Å². The minimum absolute atomic E-state index is 0.116. The lowest BCUT2D eigenvalue weighted by Crippen LogP contribution is -2.15. The van der Waals surface area contributed by atoms with Gasteiger partial charge in [-0.3, -0.25) is 4.79 Å².